The molecule has 0 aliphatic rings. The van der Waals surface area contributed by atoms with Crippen LogP contribution in [0, 0.1) is 94.7 Å². The van der Waals surface area contributed by atoms with Crippen molar-refractivity contribution in [2.24, 2.45) is 11.5 Å². The van der Waals surface area contributed by atoms with Gasteiger partial charge in [0.1, 0.15) is 31.7 Å². The molecule has 0 unspecified atom stereocenters. The van der Waals surface area contributed by atoms with E-state index in [1.54, 1.807) is 48.5 Å². The van der Waals surface area contributed by atoms with Crippen molar-refractivity contribution in [1.82, 2.24) is 0 Å². The van der Waals surface area contributed by atoms with Crippen LogP contribution in [-0.4, -0.2) is 64.7 Å². The second kappa shape index (κ2) is 42.1. The minimum atomic E-state index is -6.09. The fourth-order valence-corrected chi connectivity index (χ4v) is 11.1. The van der Waals surface area contributed by atoms with Gasteiger partial charge < -0.3 is 41.0 Å². The number of hydrogen-bond acceptors (Lipinski definition) is 12. The van der Waals surface area contributed by atoms with Crippen molar-refractivity contribution in [2.45, 2.75) is 128 Å². The Balaban J connectivity index is 0. The van der Waals surface area contributed by atoms with Crippen LogP contribution in [0.3, 0.4) is 0 Å². The molecule has 550 valence electrons. The van der Waals surface area contributed by atoms with Gasteiger partial charge in [-0.1, -0.05) is 249 Å². The number of sulfonamides is 2. The van der Waals surface area contributed by atoms with Crippen molar-refractivity contribution in [3.05, 3.63) is 304 Å². The molecule has 0 bridgehead atoms. The molecule has 0 amide bonds. The Morgan fingerprint density at radius 1 is 0.360 bits per heavy atom. The first-order chi connectivity index (χ1) is 44.3. The van der Waals surface area contributed by atoms with Gasteiger partial charge in [0.25, 0.3) is 0 Å². The van der Waals surface area contributed by atoms with Crippen LogP contribution in [0.5, 0.6) is 0 Å². The summed E-state index contributed by atoms with van der Waals surface area (Å²) in [7, 11) is -20.2. The summed E-state index contributed by atoms with van der Waals surface area (Å²) < 4.78 is 203. The standard InChI is InChI=1S/2C20H18FN2O2S.2C10H15.C8H10.2CHF3O3S.2H2O.2Rh/c2*21-17-11-13-18(14-12-17)26(24,25)23-20(16-9-5-2-6-10-16)19(22)15-7-3-1-4-8-15;2*1-6-7(2)9(4)10(5)8(6)3;1-7-3-5-8(2)6-4-7;2*2-1(3,4)8(5,6)7;;;;/h2*1-14,19-20H,22H2;2*1-5H3;3-6H,1-2H3;2*(H,5,6,7);2*1H2;;/q4*-1;;;;;;2*+3/p-2/t2*19-,20-;;;;;;;;;/m10........./s1. The Morgan fingerprint density at radius 2 is 0.550 bits per heavy atom. The van der Waals surface area contributed by atoms with E-state index in [0.29, 0.717) is 11.1 Å². The molecule has 0 saturated heterocycles. The van der Waals surface area contributed by atoms with E-state index < -0.39 is 87.1 Å². The maximum atomic E-state index is 13.1. The van der Waals surface area contributed by atoms with E-state index in [1.807, 2.05) is 72.8 Å². The number of halogens is 8. The first kappa shape index (κ1) is 95.5. The van der Waals surface area contributed by atoms with Crippen molar-refractivity contribution in [1.29, 1.82) is 0 Å². The Kier molecular flexibility index (Phi) is 40.2. The van der Waals surface area contributed by atoms with Crippen molar-refractivity contribution < 1.29 is 128 Å². The topological polar surface area (TPSA) is 326 Å². The van der Waals surface area contributed by atoms with E-state index in [0.717, 1.165) is 35.4 Å². The van der Waals surface area contributed by atoms with Crippen LogP contribution in [0.25, 0.3) is 9.44 Å². The van der Waals surface area contributed by atoms with Crippen LogP contribution in [-0.2, 0) is 79.2 Å². The first-order valence-corrected chi connectivity index (χ1v) is 34.7. The molecule has 0 aliphatic heterocycles. The molecule has 30 heteroatoms. The third kappa shape index (κ3) is 29.4. The number of benzene rings is 7. The molecule has 0 spiro atoms. The molecular weight excluding hydrogens is 1570 g/mol. The summed E-state index contributed by atoms with van der Waals surface area (Å²) in [5.41, 5.74) is 21.7. The van der Waals surface area contributed by atoms with Crippen LogP contribution in [0.15, 0.2) is 204 Å². The third-order valence-electron chi connectivity index (χ3n) is 15.5. The summed E-state index contributed by atoms with van der Waals surface area (Å²) in [5.74, 6) is -1.02. The van der Waals surface area contributed by atoms with Gasteiger partial charge in [0, 0.05) is 21.9 Å². The second-order valence-electron chi connectivity index (χ2n) is 21.9. The molecule has 4 atom stereocenters. The fourth-order valence-electron chi connectivity index (χ4n) is 8.77. The Labute approximate surface area is 607 Å². The maximum absolute atomic E-state index is 13.1. The van der Waals surface area contributed by atoms with Gasteiger partial charge in [-0.2, -0.15) is 82.0 Å². The van der Waals surface area contributed by atoms with Gasteiger partial charge in [0.05, 0.1) is 0 Å². The summed E-state index contributed by atoms with van der Waals surface area (Å²) in [5, 5.41) is 0. The first-order valence-electron chi connectivity index (χ1n) is 29.0. The van der Waals surface area contributed by atoms with Gasteiger partial charge in [-0.3, -0.25) is 0 Å². The summed E-state index contributed by atoms with van der Waals surface area (Å²) in [6, 6.07) is 51.2. The average Bonchev–Trinajstić information content (AvgIpc) is 1.66. The molecule has 0 heterocycles. The molecule has 16 nitrogen and oxygen atoms in total. The summed E-state index contributed by atoms with van der Waals surface area (Å²) >= 11 is 0. The Morgan fingerprint density at radius 3 is 0.720 bits per heavy atom. The van der Waals surface area contributed by atoms with Crippen LogP contribution >= 0.6 is 0 Å². The molecule has 9 aromatic rings. The smallest absolute Gasteiger partial charge is 0.741 e. The van der Waals surface area contributed by atoms with Gasteiger partial charge in [-0.15, -0.1) is 0 Å². The predicted molar refractivity (Wildman–Crippen MR) is 365 cm³/mol. The van der Waals surface area contributed by atoms with E-state index in [9.17, 15) is 52.0 Å². The third-order valence-corrected chi connectivity index (χ3v) is 19.3. The van der Waals surface area contributed by atoms with Crippen LogP contribution < -0.4 is 11.5 Å². The van der Waals surface area contributed by atoms with E-state index >= 15 is 0 Å². The molecule has 100 heavy (non-hydrogen) atoms. The molecule has 0 aromatic heterocycles. The molecule has 8 N–H and O–H groups in total. The average molecular weight is 1660 g/mol. The quantitative estimate of drug-likeness (QED) is 0.0379. The Hall–Kier alpha value is -6.59. The zero-order chi connectivity index (χ0) is 72.9. The van der Waals surface area contributed by atoms with E-state index in [2.05, 4.69) is 117 Å². The van der Waals surface area contributed by atoms with E-state index in [1.165, 1.54) is 91.0 Å². The summed E-state index contributed by atoms with van der Waals surface area (Å²) in [6.07, 6.45) is 0. The fraction of sp³-hybridized carbons (Fsp3) is 0.257. The number of rotatable bonds is 12. The molecule has 9 aromatic carbocycles. The number of nitrogens with two attached hydrogens (primary N) is 2. The summed E-state index contributed by atoms with van der Waals surface area (Å²) in [4.78, 5) is -0.139. The molecule has 0 aliphatic carbocycles. The molecule has 0 radical (unpaired) electrons. The van der Waals surface area contributed by atoms with Crippen molar-refractivity contribution in [3.8, 4) is 0 Å². The molecule has 0 fully saturated rings. The van der Waals surface area contributed by atoms with Crippen LogP contribution in [0.4, 0.5) is 35.1 Å². The monoisotopic (exact) mass is 1650 g/mol. The van der Waals surface area contributed by atoms with E-state index in [4.69, 9.17) is 37.4 Å². The minimum Gasteiger partial charge on any atom is -0.741 e. The van der Waals surface area contributed by atoms with Gasteiger partial charge in [0.2, 0.25) is 0 Å². The van der Waals surface area contributed by atoms with Crippen LogP contribution in [0.2, 0.25) is 0 Å². The van der Waals surface area contributed by atoms with Crippen molar-refractivity contribution in [3.63, 3.8) is 0 Å². The summed E-state index contributed by atoms with van der Waals surface area (Å²) in [6.45, 7) is 26.2. The van der Waals surface area contributed by atoms with Gasteiger partial charge in [-0.25, -0.2) is 42.5 Å². The maximum Gasteiger partial charge on any atom is 3.00 e. The normalized spacial score (nSPS) is 12.3. The number of hydrogen-bond donors (Lipinski definition) is 2. The number of aryl methyl sites for hydroxylation is 2. The van der Waals surface area contributed by atoms with Gasteiger partial charge >= 0.3 is 50.0 Å². The molecular formula is C70H80F8N4O12Rh2S4. The zero-order valence-corrected chi connectivity index (χ0v) is 62.8. The van der Waals surface area contributed by atoms with E-state index in [-0.39, 0.29) is 59.7 Å². The zero-order valence-electron chi connectivity index (χ0n) is 56.2. The predicted octanol–water partition coefficient (Wildman–Crippen LogP) is 15.3. The Bertz CT molecular complexity index is 3930. The molecule has 9 rings (SSSR count). The number of alkyl halides is 6. The largest absolute Gasteiger partial charge is 3.00 e. The SMILES string of the molecule is Cc1c(C)c(C)[c-](C)c1C.Cc1c(C)c(C)[c-](C)c1C.Cc1ccc(C)cc1.N[C@@H](c1ccccc1)[C@@H]([N-]S(=O)(=O)c1ccc(F)cc1)c1ccccc1.N[C@H](c1ccccc1)[C@H]([N-]S(=O)(=O)c1ccc(F)cc1)c1ccccc1.O.O.O=S(=O)([O-])C(F)(F)F.O=S(=O)([O-])C(F)(F)F.[Rh+3].[Rh+3]. The molecule has 0 saturated carbocycles. The van der Waals surface area contributed by atoms with Crippen LogP contribution in [0.1, 0.15) is 113 Å². The number of nitrogens with zero attached hydrogens (tertiary/aromatic N) is 2. The van der Waals surface area contributed by atoms with Crippen molar-refractivity contribution in [2.75, 3.05) is 0 Å². The van der Waals surface area contributed by atoms with Crippen molar-refractivity contribution >= 4 is 40.3 Å². The van der Waals surface area contributed by atoms with Gasteiger partial charge in [-0.05, 0) is 73.5 Å². The second-order valence-corrected chi connectivity index (χ2v) is 27.9. The minimum absolute atomic E-state index is 0. The van der Waals surface area contributed by atoms with Gasteiger partial charge in [0.15, 0.2) is 20.2 Å².